The van der Waals surface area contributed by atoms with E-state index < -0.39 is 474 Å². The van der Waals surface area contributed by atoms with Gasteiger partial charge in [-0.2, -0.15) is 0 Å². The zero-order valence-corrected chi connectivity index (χ0v) is 312. The van der Waals surface area contributed by atoms with Gasteiger partial charge in [-0.3, -0.25) is 0 Å². The number of halogens is 123. The van der Waals surface area contributed by atoms with E-state index in [0.29, 0.717) is 13.3 Å². The first-order valence-electron chi connectivity index (χ1n) is 17.4. The first kappa shape index (κ1) is 213. The second-order valence-electron chi connectivity index (χ2n) is 9.77. The quantitative estimate of drug-likeness (QED) is 0.0533. The molecular weight excluding hydrogens is 15600 g/mol. The van der Waals surface area contributed by atoms with Crippen LogP contribution in [0.2, 0.25) is 0 Å². The Balaban J connectivity index is 5.97. The van der Waals surface area contributed by atoms with Crippen LogP contribution in [0.15, 0.2) is 0 Å². The van der Waals surface area contributed by atoms with Crippen LogP contribution in [0.4, 0.5) is 0 Å². The van der Waals surface area contributed by atoms with Gasteiger partial charge in [-0.25, -0.2) is 0 Å². The molecule has 0 saturated heterocycles. The van der Waals surface area contributed by atoms with Gasteiger partial charge in [0, 0.05) is 0 Å². The van der Waals surface area contributed by atoms with Crippen molar-refractivity contribution in [1.82, 2.24) is 0 Å². The molecule has 0 rings (SSSR count). The van der Waals surface area contributed by atoms with E-state index in [-0.39, 0.29) is 0 Å². The monoisotopic (exact) mass is 15600 g/mol. The molecule has 0 bridgehead atoms. The Kier molecular flexibility index (Phi) is 222. The Morgan fingerprint density at radius 3 is 0.171 bits per heavy atom. The van der Waals surface area contributed by atoms with Gasteiger partial charge >= 0.3 is 1640 Å². The summed E-state index contributed by atoms with van der Waals surface area (Å²) in [5.41, 5.74) is 0. The molecule has 0 atom stereocenters. The maximum atomic E-state index is 3.50. The van der Waals surface area contributed by atoms with E-state index in [1.54, 1.807) is 0 Å². The molecule has 0 unspecified atom stereocenters. The molecule has 0 amide bonds. The van der Waals surface area contributed by atoms with Crippen molar-refractivity contribution in [2.24, 2.45) is 0 Å². The molecule has 0 fully saturated rings. The fraction of sp³-hybridized carbons (Fsp3) is 0. The van der Waals surface area contributed by atoms with E-state index in [1.807, 2.05) is 0 Å². The van der Waals surface area contributed by atoms with Crippen molar-refractivity contribution in [3.63, 3.8) is 0 Å². The minimum atomic E-state index is -0.678. The third-order valence-corrected chi connectivity index (χ3v) is 9840. The molecule has 123 heavy (non-hydrogen) atoms. The third kappa shape index (κ3) is 86.8. The minimum absolute atomic E-state index is 0.428. The molecule has 0 aliphatic rings. The van der Waals surface area contributed by atoms with E-state index >= 15 is 0 Å². The molecule has 0 aromatic carbocycles. The van der Waals surface area contributed by atoms with E-state index in [2.05, 4.69) is 1150 Å². The molecule has 0 spiro atoms. The van der Waals surface area contributed by atoms with Crippen LogP contribution in [-0.2, 0) is 0 Å². The Bertz CT molecular complexity index is 2580. The van der Waals surface area contributed by atoms with E-state index in [1.165, 1.54) is 0 Å². The number of hydrogen-bond acceptors (Lipinski definition) is 0. The molecule has 0 aromatic heterocycles. The first-order valence-corrected chi connectivity index (χ1v) is 784. The fourth-order valence-corrected chi connectivity index (χ4v) is 24500. The van der Waals surface area contributed by atoms with Crippen molar-refractivity contribution in [2.45, 2.75) is 0 Å². The summed E-state index contributed by atoms with van der Waals surface area (Å²) in [5, 5.41) is 0. The van der Waals surface area contributed by atoms with Gasteiger partial charge in [-0.15, -0.1) is 0 Å². The van der Waals surface area contributed by atoms with Gasteiger partial charge in [0.1, 0.15) is 0 Å². The molecule has 0 radical (unpaired) electrons. The Labute approximate surface area is 1540 Å². The molecule has 0 aliphatic carbocycles. The van der Waals surface area contributed by atoms with Gasteiger partial charge in [0.25, 0.3) is 0 Å². The van der Waals surface area contributed by atoms with Gasteiger partial charge in [-0.05, 0) is 0 Å². The number of rotatable bonds is 60. The summed E-state index contributed by atoms with van der Waals surface area (Å²) in [6.07, 6.45) is 0. The van der Waals surface area contributed by atoms with Gasteiger partial charge in [0.15, 0.2) is 0 Å². The van der Waals surface area contributed by atoms with E-state index in [9.17, 15) is 0 Å². The zero-order valence-electron chi connectivity index (χ0n) is 46.5. The summed E-state index contributed by atoms with van der Waals surface area (Å²) in [6, 6.07) is 0. The van der Waals surface area contributed by atoms with Crippen LogP contribution in [-0.4, -0.2) is 0 Å². The van der Waals surface area contributed by atoms with Crippen molar-refractivity contribution in [3.05, 3.63) is 0 Å². The SMILES string of the molecule is I[I-]I(I)I(I)I(I)I(I)I(I)I(I)I(I)I(I)I(I)I(I)I(I)I(I)I(I)I(I)I(I)I(I)I(I)I(I)I(I)I(I)I(I)I(I)I(I)I(I)I(I)I(I)I(I)I(I)I(I)I(I)I(I)I(I)I(I)I(I)I(I)I(I)I(I)I(I)I(I)I(I)I(I)I(I)I(I)I(I)I(I)I(I)I(I)I(I)I(I)I(I)I(I)I(I)I(I)I(I)I(I)I(I)I(I)I(I)I(I)I(I)I. The molecule has 0 aromatic rings. The topological polar surface area (TPSA) is 0 Å². The van der Waals surface area contributed by atoms with Gasteiger partial charge in [0.05, 0.1) is 0 Å². The normalized spacial score (nSPS) is 19.2. The number of hydrogen-bond donors (Lipinski definition) is 0. The van der Waals surface area contributed by atoms with Gasteiger partial charge < -0.3 is 0 Å². The van der Waals surface area contributed by atoms with Crippen molar-refractivity contribution < 1.29 is 13.3 Å². The predicted molar refractivity (Wildman–Crippen MR) is 1710 cm³/mol. The van der Waals surface area contributed by atoms with Crippen molar-refractivity contribution in [3.8, 4) is 0 Å². The average molecular weight is 15600 g/mol. The average Bonchev–Trinajstić information content (AvgIpc) is 0.811. The molecule has 0 aliphatic heterocycles. The summed E-state index contributed by atoms with van der Waals surface area (Å²) in [4.78, 5) is 0. The Morgan fingerprint density at radius 2 is 0.122 bits per heavy atom. The molecule has 0 N–H and O–H groups in total. The van der Waals surface area contributed by atoms with Crippen molar-refractivity contribution in [2.75, 3.05) is 0 Å². The second kappa shape index (κ2) is 128. The van der Waals surface area contributed by atoms with Gasteiger partial charge in [0.2, 0.25) is 0 Å². The van der Waals surface area contributed by atoms with Crippen LogP contribution < -0.4 is 13.3 Å². The Morgan fingerprint density at radius 1 is 0.0732 bits per heavy atom. The molecular formula is I123-. The second-order valence-corrected chi connectivity index (χ2v) is 2950. The Hall–Kier alpha value is 89.8. The van der Waals surface area contributed by atoms with E-state index in [4.69, 9.17) is 0 Å². The molecule has 123 heteroatoms. The molecule has 0 saturated carbocycles. The zero-order chi connectivity index (χ0) is 97.3. The molecule has 0 heterocycles. The fourth-order valence-electron chi connectivity index (χ4n) is 1.80. The van der Waals surface area contributed by atoms with Crippen LogP contribution in [0.5, 0.6) is 0 Å². The predicted octanol–water partition coefficient (Wildman–Crippen LogP) is 105. The van der Waals surface area contributed by atoms with Crippen LogP contribution in [0.25, 0.3) is 0 Å². The van der Waals surface area contributed by atoms with Crippen molar-refractivity contribution >= 4 is 1630 Å². The van der Waals surface area contributed by atoms with Crippen LogP contribution >= 0.6 is 1630 Å². The molecule has 0 nitrogen and oxygen atoms in total. The summed E-state index contributed by atoms with van der Waals surface area (Å²) < 4.78 is 0. The summed E-state index contributed by atoms with van der Waals surface area (Å²) in [7, 11) is -37.8. The summed E-state index contributed by atoms with van der Waals surface area (Å²) in [6.45, 7) is 0. The van der Waals surface area contributed by atoms with Crippen molar-refractivity contribution in [1.29, 1.82) is 0 Å². The van der Waals surface area contributed by atoms with Gasteiger partial charge in [-0.1, -0.05) is 0 Å². The van der Waals surface area contributed by atoms with Crippen LogP contribution in [0, 0.1) is 0 Å². The maximum absolute atomic E-state index is 3.50. The van der Waals surface area contributed by atoms with Crippen LogP contribution in [0.3, 0.4) is 0 Å². The summed E-state index contributed by atoms with van der Waals surface area (Å²) >= 11 is 213. The summed E-state index contributed by atoms with van der Waals surface area (Å²) in [5.74, 6) is 0. The standard InChI is InChI=1S/I123/c1-63-65(4)67(6)69(8)71(10)73(12)75(14)77(16)79(18)81(20)83(22)85(24)87(26)89(28)91(30)93(32)95(34)97(36)99(38)101(40)103(42)105(44)107(46)109(48)111(50)113(52)115(54)117(56)119(58)121(60)123(62)122(61)120(59)118(57)116(55)114(53)112(51)110(49)108(47)106(45)104(43)102(41)100(39)98(37)96(35)94(33)92(31)90(29)88(27)86(25)84(23)82(21)80(19)78(17)76(15)74(13)72(11)70(9)68(7)66(5)64(2)3/q-1. The van der Waals surface area contributed by atoms with E-state index in [0.717, 1.165) is 0 Å². The van der Waals surface area contributed by atoms with Crippen LogP contribution in [0.1, 0.15) is 0 Å². The third-order valence-electron chi connectivity index (χ3n) is 4.86. The first-order chi connectivity index (χ1) is 56.0. The molecule has 862 valence electrons.